The van der Waals surface area contributed by atoms with Gasteiger partial charge in [-0.05, 0) is 37.9 Å². The van der Waals surface area contributed by atoms with E-state index in [1.54, 1.807) is 0 Å². The van der Waals surface area contributed by atoms with Gasteiger partial charge >= 0.3 is 5.97 Å². The van der Waals surface area contributed by atoms with Crippen LogP contribution in [0.15, 0.2) is 30.3 Å². The van der Waals surface area contributed by atoms with Crippen LogP contribution in [-0.2, 0) is 9.53 Å². The van der Waals surface area contributed by atoms with Crippen LogP contribution in [0.2, 0.25) is 0 Å². The zero-order chi connectivity index (χ0) is 16.2. The molecular weight excluding hydrogens is 314 g/mol. The van der Waals surface area contributed by atoms with Crippen molar-refractivity contribution in [2.45, 2.75) is 39.0 Å². The second kappa shape index (κ2) is 13.3. The van der Waals surface area contributed by atoms with Gasteiger partial charge in [0.1, 0.15) is 6.61 Å². The molecule has 0 saturated heterocycles. The van der Waals surface area contributed by atoms with Gasteiger partial charge in [-0.25, -0.2) is 0 Å². The number of esters is 1. The lowest BCUT2D eigenvalue weighted by atomic mass is 9.94. The summed E-state index contributed by atoms with van der Waals surface area (Å²) in [7, 11) is 0. The van der Waals surface area contributed by atoms with Crippen molar-refractivity contribution in [3.8, 4) is 0 Å². The van der Waals surface area contributed by atoms with Gasteiger partial charge in [0.15, 0.2) is 0 Å². The molecule has 1 N–H and O–H groups in total. The summed E-state index contributed by atoms with van der Waals surface area (Å²) < 4.78 is 5.48. The molecule has 4 nitrogen and oxygen atoms in total. The van der Waals surface area contributed by atoms with Gasteiger partial charge in [0.25, 0.3) is 0 Å². The summed E-state index contributed by atoms with van der Waals surface area (Å²) in [5.74, 6) is -0.388. The molecule has 5 heteroatoms. The fraction of sp³-hybridized carbons (Fsp3) is 0.611. The summed E-state index contributed by atoms with van der Waals surface area (Å²) in [6.45, 7) is 7.51. The molecule has 1 aromatic carbocycles. The minimum atomic E-state index is -0.232. The lowest BCUT2D eigenvalue weighted by Gasteiger charge is -2.20. The molecule has 0 spiro atoms. The molecule has 1 rings (SSSR count). The Labute approximate surface area is 146 Å². The van der Waals surface area contributed by atoms with E-state index in [2.05, 4.69) is 18.7 Å². The Morgan fingerprint density at radius 2 is 1.83 bits per heavy atom. The molecule has 0 heterocycles. The first-order valence-corrected chi connectivity index (χ1v) is 8.27. The van der Waals surface area contributed by atoms with E-state index in [1.165, 1.54) is 0 Å². The number of likely N-dealkylation sites (N-methyl/N-ethyl adjacent to an activating group) is 1. The molecule has 0 saturated carbocycles. The number of carbonyl (C=O) groups is 1. The lowest BCUT2D eigenvalue weighted by Crippen LogP contribution is -2.29. The maximum Gasteiger partial charge on any atom is 0.313 e. The average molecular weight is 344 g/mol. The van der Waals surface area contributed by atoms with Crippen molar-refractivity contribution in [3.05, 3.63) is 35.9 Å². The normalized spacial score (nSPS) is 11.8. The quantitative estimate of drug-likeness (QED) is 0.495. The van der Waals surface area contributed by atoms with Crippen LogP contribution in [0.25, 0.3) is 0 Å². The largest absolute Gasteiger partial charge is 0.464 e. The Kier molecular flexibility index (Phi) is 12.7. The maximum absolute atomic E-state index is 12.4. The van der Waals surface area contributed by atoms with Gasteiger partial charge in [-0.15, -0.1) is 12.4 Å². The highest BCUT2D eigenvalue weighted by atomic mass is 35.5. The van der Waals surface area contributed by atoms with Crippen molar-refractivity contribution in [3.63, 3.8) is 0 Å². The van der Waals surface area contributed by atoms with Gasteiger partial charge in [0.05, 0.1) is 5.92 Å². The van der Waals surface area contributed by atoms with Crippen LogP contribution in [0.1, 0.15) is 44.6 Å². The SMILES string of the molecule is CCN(CC)CCOC(=O)C(CCCCO)c1ccccc1.Cl. The molecule has 0 aliphatic rings. The number of carbonyl (C=O) groups excluding carboxylic acids is 1. The Bertz CT molecular complexity index is 410. The number of ether oxygens (including phenoxy) is 1. The highest BCUT2D eigenvalue weighted by molar-refractivity contribution is 5.85. The van der Waals surface area contributed by atoms with Crippen molar-refractivity contribution in [2.24, 2.45) is 0 Å². The standard InChI is InChI=1S/C18H29NO3.ClH/c1-3-19(4-2)13-15-22-18(21)17(12-8-9-14-20)16-10-6-5-7-11-16;/h5-7,10-11,17,20H,3-4,8-9,12-15H2,1-2H3;1H. The first kappa shape index (κ1) is 21.9. The third-order valence-electron chi connectivity index (χ3n) is 3.93. The van der Waals surface area contributed by atoms with E-state index in [0.717, 1.165) is 38.0 Å². The second-order valence-electron chi connectivity index (χ2n) is 5.38. The summed E-state index contributed by atoms with van der Waals surface area (Å²) in [5, 5.41) is 8.92. The van der Waals surface area contributed by atoms with Crippen molar-refractivity contribution >= 4 is 18.4 Å². The summed E-state index contributed by atoms with van der Waals surface area (Å²) in [6.07, 6.45) is 2.26. The fourth-order valence-electron chi connectivity index (χ4n) is 2.48. The number of rotatable bonds is 11. The summed E-state index contributed by atoms with van der Waals surface area (Å²) in [4.78, 5) is 14.6. The van der Waals surface area contributed by atoms with E-state index >= 15 is 0 Å². The minimum absolute atomic E-state index is 0. The van der Waals surface area contributed by atoms with Crippen molar-refractivity contribution in [1.82, 2.24) is 4.90 Å². The highest BCUT2D eigenvalue weighted by Gasteiger charge is 2.21. The predicted octanol–water partition coefficient (Wildman–Crippen LogP) is 3.24. The first-order valence-electron chi connectivity index (χ1n) is 8.27. The van der Waals surface area contributed by atoms with Crippen LogP contribution >= 0.6 is 12.4 Å². The molecule has 23 heavy (non-hydrogen) atoms. The van der Waals surface area contributed by atoms with Gasteiger partial charge in [-0.2, -0.15) is 0 Å². The number of unbranched alkanes of at least 4 members (excludes halogenated alkanes) is 1. The summed E-state index contributed by atoms with van der Waals surface area (Å²) >= 11 is 0. The average Bonchev–Trinajstić information content (AvgIpc) is 2.56. The summed E-state index contributed by atoms with van der Waals surface area (Å²) in [6, 6.07) is 9.76. The van der Waals surface area contributed by atoms with Crippen LogP contribution in [-0.4, -0.2) is 48.8 Å². The Morgan fingerprint density at radius 3 is 2.39 bits per heavy atom. The molecule has 1 unspecified atom stereocenters. The molecule has 0 aliphatic heterocycles. The predicted molar refractivity (Wildman–Crippen MR) is 96.1 cm³/mol. The Hall–Kier alpha value is -1.10. The van der Waals surface area contributed by atoms with E-state index in [0.29, 0.717) is 13.0 Å². The van der Waals surface area contributed by atoms with Crippen molar-refractivity contribution in [2.75, 3.05) is 32.8 Å². The van der Waals surface area contributed by atoms with Crippen LogP contribution in [0.4, 0.5) is 0 Å². The van der Waals surface area contributed by atoms with E-state index in [9.17, 15) is 4.79 Å². The molecule has 1 aromatic rings. The van der Waals surface area contributed by atoms with Crippen molar-refractivity contribution in [1.29, 1.82) is 0 Å². The van der Waals surface area contributed by atoms with E-state index in [-0.39, 0.29) is 30.9 Å². The van der Waals surface area contributed by atoms with E-state index < -0.39 is 0 Å². The second-order valence-corrected chi connectivity index (χ2v) is 5.38. The topological polar surface area (TPSA) is 49.8 Å². The highest BCUT2D eigenvalue weighted by Crippen LogP contribution is 2.23. The van der Waals surface area contributed by atoms with Crippen LogP contribution < -0.4 is 0 Å². The number of hydrogen-bond donors (Lipinski definition) is 1. The number of hydrogen-bond acceptors (Lipinski definition) is 4. The first-order chi connectivity index (χ1) is 10.7. The number of halogens is 1. The smallest absolute Gasteiger partial charge is 0.313 e. The lowest BCUT2D eigenvalue weighted by molar-refractivity contribution is -0.146. The number of aliphatic hydroxyl groups is 1. The number of benzene rings is 1. The maximum atomic E-state index is 12.4. The van der Waals surface area contributed by atoms with E-state index in [4.69, 9.17) is 9.84 Å². The molecular formula is C18H30ClNO3. The summed E-state index contributed by atoms with van der Waals surface area (Å²) in [5.41, 5.74) is 0.994. The zero-order valence-electron chi connectivity index (χ0n) is 14.2. The molecule has 0 radical (unpaired) electrons. The van der Waals surface area contributed by atoms with Gasteiger partial charge < -0.3 is 14.7 Å². The monoisotopic (exact) mass is 343 g/mol. The Morgan fingerprint density at radius 1 is 1.17 bits per heavy atom. The third-order valence-corrected chi connectivity index (χ3v) is 3.93. The molecule has 0 fully saturated rings. The minimum Gasteiger partial charge on any atom is -0.464 e. The van der Waals surface area contributed by atoms with Gasteiger partial charge in [-0.1, -0.05) is 44.2 Å². The Balaban J connectivity index is 0.00000484. The molecule has 0 aliphatic carbocycles. The van der Waals surface area contributed by atoms with Crippen LogP contribution in [0, 0.1) is 0 Å². The number of aliphatic hydroxyl groups excluding tert-OH is 1. The number of nitrogens with zero attached hydrogens (tertiary/aromatic N) is 1. The van der Waals surface area contributed by atoms with Gasteiger partial charge in [-0.3, -0.25) is 4.79 Å². The van der Waals surface area contributed by atoms with Crippen LogP contribution in [0.5, 0.6) is 0 Å². The molecule has 132 valence electrons. The van der Waals surface area contributed by atoms with Gasteiger partial charge in [0, 0.05) is 13.2 Å². The zero-order valence-corrected chi connectivity index (χ0v) is 15.1. The molecule has 0 bridgehead atoms. The fourth-order valence-corrected chi connectivity index (χ4v) is 2.48. The van der Waals surface area contributed by atoms with Crippen LogP contribution in [0.3, 0.4) is 0 Å². The molecule has 0 amide bonds. The van der Waals surface area contributed by atoms with E-state index in [1.807, 2.05) is 30.3 Å². The molecule has 1 atom stereocenters. The van der Waals surface area contributed by atoms with Gasteiger partial charge in [0.2, 0.25) is 0 Å². The molecule has 0 aromatic heterocycles. The van der Waals surface area contributed by atoms with Crippen molar-refractivity contribution < 1.29 is 14.6 Å². The third kappa shape index (κ3) is 8.35.